The van der Waals surface area contributed by atoms with Gasteiger partial charge in [0.2, 0.25) is 0 Å². The molecule has 1 aromatic carbocycles. The lowest BCUT2D eigenvalue weighted by Crippen LogP contribution is -2.33. The van der Waals surface area contributed by atoms with E-state index >= 15 is 0 Å². The fraction of sp³-hybridized carbons (Fsp3) is 0.533. The van der Waals surface area contributed by atoms with Gasteiger partial charge in [0.15, 0.2) is 0 Å². The van der Waals surface area contributed by atoms with E-state index in [2.05, 4.69) is 10.6 Å². The van der Waals surface area contributed by atoms with E-state index in [4.69, 9.17) is 4.74 Å². The summed E-state index contributed by atoms with van der Waals surface area (Å²) in [6.45, 7) is 7.18. The summed E-state index contributed by atoms with van der Waals surface area (Å²) in [5, 5.41) is 5.81. The predicted molar refractivity (Wildman–Crippen MR) is 77.0 cm³/mol. The molecule has 0 unspecified atom stereocenters. The van der Waals surface area contributed by atoms with Gasteiger partial charge >= 0.3 is 6.09 Å². The summed E-state index contributed by atoms with van der Waals surface area (Å²) in [4.78, 5) is 11.4. The number of carbonyl (C=O) groups excluding carboxylic acids is 1. The second kappa shape index (κ2) is 7.85. The van der Waals surface area contributed by atoms with Crippen LogP contribution in [0, 0.1) is 5.82 Å². The first-order chi connectivity index (χ1) is 9.38. The van der Waals surface area contributed by atoms with Crippen molar-refractivity contribution in [3.05, 3.63) is 35.6 Å². The van der Waals surface area contributed by atoms with E-state index in [0.717, 1.165) is 6.42 Å². The first-order valence-electron chi connectivity index (χ1n) is 6.79. The first-order valence-corrected chi connectivity index (χ1v) is 6.79. The molecular weight excluding hydrogens is 259 g/mol. The molecule has 0 fully saturated rings. The molecule has 2 N–H and O–H groups in total. The van der Waals surface area contributed by atoms with Crippen molar-refractivity contribution in [2.24, 2.45) is 0 Å². The molecule has 0 aliphatic rings. The maximum Gasteiger partial charge on any atom is 0.407 e. The van der Waals surface area contributed by atoms with E-state index in [9.17, 15) is 9.18 Å². The van der Waals surface area contributed by atoms with Crippen molar-refractivity contribution >= 4 is 6.09 Å². The number of benzene rings is 1. The summed E-state index contributed by atoms with van der Waals surface area (Å²) in [5.41, 5.74) is 0.167. The fourth-order valence-electron chi connectivity index (χ4n) is 1.58. The summed E-state index contributed by atoms with van der Waals surface area (Å²) in [7, 11) is 0. The van der Waals surface area contributed by atoms with Gasteiger partial charge in [0, 0.05) is 18.7 Å². The first kappa shape index (κ1) is 16.4. The smallest absolute Gasteiger partial charge is 0.407 e. The Morgan fingerprint density at radius 1 is 1.25 bits per heavy atom. The molecule has 0 heterocycles. The van der Waals surface area contributed by atoms with Gasteiger partial charge in [-0.15, -0.1) is 0 Å². The lowest BCUT2D eigenvalue weighted by atomic mass is 10.2. The Hall–Kier alpha value is -1.62. The number of nitrogens with one attached hydrogen (secondary N) is 2. The topological polar surface area (TPSA) is 50.4 Å². The predicted octanol–water partition coefficient (Wildman–Crippen LogP) is 2.83. The van der Waals surface area contributed by atoms with Crippen molar-refractivity contribution in [2.45, 2.75) is 39.3 Å². The molecule has 1 aromatic rings. The average molecular weight is 282 g/mol. The van der Waals surface area contributed by atoms with Crippen LogP contribution in [0.3, 0.4) is 0 Å². The van der Waals surface area contributed by atoms with Gasteiger partial charge in [-0.2, -0.15) is 0 Å². The van der Waals surface area contributed by atoms with Gasteiger partial charge in [-0.3, -0.25) is 0 Å². The van der Waals surface area contributed by atoms with E-state index < -0.39 is 11.7 Å². The minimum Gasteiger partial charge on any atom is -0.444 e. The highest BCUT2D eigenvalue weighted by molar-refractivity contribution is 5.67. The number of rotatable bonds is 6. The van der Waals surface area contributed by atoms with Crippen LogP contribution < -0.4 is 10.6 Å². The van der Waals surface area contributed by atoms with E-state index in [-0.39, 0.29) is 5.82 Å². The largest absolute Gasteiger partial charge is 0.444 e. The van der Waals surface area contributed by atoms with Crippen LogP contribution in [0.4, 0.5) is 9.18 Å². The van der Waals surface area contributed by atoms with E-state index in [1.54, 1.807) is 12.1 Å². The summed E-state index contributed by atoms with van der Waals surface area (Å²) in [5.74, 6) is -0.202. The van der Waals surface area contributed by atoms with Crippen molar-refractivity contribution in [1.82, 2.24) is 10.6 Å². The molecule has 0 bridgehead atoms. The van der Waals surface area contributed by atoms with Gasteiger partial charge < -0.3 is 15.4 Å². The zero-order valence-electron chi connectivity index (χ0n) is 12.3. The summed E-state index contributed by atoms with van der Waals surface area (Å²) in [6.07, 6.45) is 0.347. The molecule has 0 aliphatic heterocycles. The third-order valence-electron chi connectivity index (χ3n) is 2.47. The molecule has 1 amide bonds. The molecule has 0 spiro atoms. The molecule has 112 valence electrons. The summed E-state index contributed by atoms with van der Waals surface area (Å²) < 4.78 is 18.4. The van der Waals surface area contributed by atoms with E-state index in [1.807, 2.05) is 26.8 Å². The molecule has 0 aliphatic carbocycles. The number of alkyl carbamates (subject to hydrolysis) is 1. The van der Waals surface area contributed by atoms with Crippen molar-refractivity contribution < 1.29 is 13.9 Å². The van der Waals surface area contributed by atoms with E-state index in [1.165, 1.54) is 6.07 Å². The molecule has 0 aromatic heterocycles. The second-order valence-corrected chi connectivity index (χ2v) is 5.55. The van der Waals surface area contributed by atoms with Crippen LogP contribution in [-0.2, 0) is 11.3 Å². The normalized spacial score (nSPS) is 11.2. The van der Waals surface area contributed by atoms with Crippen molar-refractivity contribution in [2.75, 3.05) is 13.1 Å². The van der Waals surface area contributed by atoms with E-state index in [0.29, 0.717) is 25.2 Å². The number of carbonyl (C=O) groups is 1. The summed E-state index contributed by atoms with van der Waals surface area (Å²) >= 11 is 0. The quantitative estimate of drug-likeness (QED) is 0.789. The molecule has 5 heteroatoms. The zero-order valence-corrected chi connectivity index (χ0v) is 12.3. The van der Waals surface area contributed by atoms with Crippen LogP contribution in [0.15, 0.2) is 24.3 Å². The van der Waals surface area contributed by atoms with Gasteiger partial charge in [-0.25, -0.2) is 9.18 Å². The maximum absolute atomic E-state index is 13.3. The Morgan fingerprint density at radius 3 is 2.60 bits per heavy atom. The monoisotopic (exact) mass is 282 g/mol. The SMILES string of the molecule is CC(C)(C)OC(=O)NCCCNCc1ccccc1F. The molecular formula is C15H23FN2O2. The van der Waals surface area contributed by atoms with Crippen LogP contribution in [-0.4, -0.2) is 24.8 Å². The van der Waals surface area contributed by atoms with Gasteiger partial charge in [-0.1, -0.05) is 18.2 Å². The Labute approximate surface area is 119 Å². The van der Waals surface area contributed by atoms with Crippen molar-refractivity contribution in [1.29, 1.82) is 0 Å². The summed E-state index contributed by atoms with van der Waals surface area (Å²) in [6, 6.07) is 6.68. The van der Waals surface area contributed by atoms with Crippen LogP contribution >= 0.6 is 0 Å². The van der Waals surface area contributed by atoms with Crippen LogP contribution in [0.5, 0.6) is 0 Å². The molecule has 4 nitrogen and oxygen atoms in total. The van der Waals surface area contributed by atoms with Crippen molar-refractivity contribution in [3.63, 3.8) is 0 Å². The Morgan fingerprint density at radius 2 is 1.95 bits per heavy atom. The van der Waals surface area contributed by atoms with Gasteiger partial charge in [0.25, 0.3) is 0 Å². The molecule has 0 atom stereocenters. The Kier molecular flexibility index (Phi) is 6.45. The lowest BCUT2D eigenvalue weighted by molar-refractivity contribution is 0.0527. The minimum absolute atomic E-state index is 0.202. The number of hydrogen-bond acceptors (Lipinski definition) is 3. The van der Waals surface area contributed by atoms with Crippen LogP contribution in [0.25, 0.3) is 0 Å². The molecule has 20 heavy (non-hydrogen) atoms. The highest BCUT2D eigenvalue weighted by Gasteiger charge is 2.15. The molecule has 0 saturated carbocycles. The number of halogens is 1. The van der Waals surface area contributed by atoms with Gasteiger partial charge in [0.05, 0.1) is 0 Å². The number of hydrogen-bond donors (Lipinski definition) is 2. The highest BCUT2D eigenvalue weighted by Crippen LogP contribution is 2.06. The maximum atomic E-state index is 13.3. The number of amides is 1. The molecule has 0 radical (unpaired) electrons. The fourth-order valence-corrected chi connectivity index (χ4v) is 1.58. The lowest BCUT2D eigenvalue weighted by Gasteiger charge is -2.19. The Bertz CT molecular complexity index is 430. The zero-order chi connectivity index (χ0) is 15.0. The van der Waals surface area contributed by atoms with Crippen molar-refractivity contribution in [3.8, 4) is 0 Å². The average Bonchev–Trinajstić information content (AvgIpc) is 2.33. The molecule has 0 saturated heterocycles. The third-order valence-corrected chi connectivity index (χ3v) is 2.47. The van der Waals surface area contributed by atoms with Crippen LogP contribution in [0.1, 0.15) is 32.8 Å². The molecule has 1 rings (SSSR count). The second-order valence-electron chi connectivity index (χ2n) is 5.55. The van der Waals surface area contributed by atoms with Crippen LogP contribution in [0.2, 0.25) is 0 Å². The van der Waals surface area contributed by atoms with Gasteiger partial charge in [-0.05, 0) is 39.8 Å². The third kappa shape index (κ3) is 7.09. The van der Waals surface area contributed by atoms with Gasteiger partial charge in [0.1, 0.15) is 11.4 Å². The Balaban J connectivity index is 2.08. The number of ether oxygens (including phenoxy) is 1. The minimum atomic E-state index is -0.479. The highest BCUT2D eigenvalue weighted by atomic mass is 19.1. The standard InChI is InChI=1S/C15H23FN2O2/c1-15(2,3)20-14(19)18-10-6-9-17-11-12-7-4-5-8-13(12)16/h4-5,7-8,17H,6,9-11H2,1-3H3,(H,18,19).